The molecule has 7 nitrogen and oxygen atoms in total. The third kappa shape index (κ3) is 2.68. The third-order valence-corrected chi connectivity index (χ3v) is 4.14. The van der Waals surface area contributed by atoms with E-state index < -0.39 is 0 Å². The zero-order valence-corrected chi connectivity index (χ0v) is 13.2. The molecule has 1 fully saturated rings. The molecule has 4 rings (SSSR count). The lowest BCUT2D eigenvalue weighted by molar-refractivity contribution is 0.0940. The summed E-state index contributed by atoms with van der Waals surface area (Å²) in [5, 5.41) is 11.9. The number of hydrogen-bond donors (Lipinski definition) is 2. The highest BCUT2D eigenvalue weighted by molar-refractivity contribution is 5.90. The lowest BCUT2D eigenvalue weighted by Gasteiger charge is -2.06. The van der Waals surface area contributed by atoms with E-state index in [9.17, 15) is 4.79 Å². The highest BCUT2D eigenvalue weighted by Gasteiger charge is 2.26. The molecule has 2 aromatic heterocycles. The minimum absolute atomic E-state index is 0.0303. The Balaban J connectivity index is 1.50. The van der Waals surface area contributed by atoms with Gasteiger partial charge in [0.05, 0.1) is 23.4 Å². The number of hydrogen-bond acceptors (Lipinski definition) is 5. The molecule has 2 heterocycles. The molecule has 0 radical (unpaired) electrons. The maximum absolute atomic E-state index is 12.0. The first-order valence-electron chi connectivity index (χ1n) is 7.88. The predicted molar refractivity (Wildman–Crippen MR) is 87.6 cm³/mol. The van der Waals surface area contributed by atoms with Crippen LogP contribution >= 0.6 is 0 Å². The molecule has 2 N–H and O–H groups in total. The molecule has 0 spiro atoms. The summed E-state index contributed by atoms with van der Waals surface area (Å²) in [6.45, 7) is 2.40. The van der Waals surface area contributed by atoms with Gasteiger partial charge in [-0.2, -0.15) is 0 Å². The number of aromatic nitrogens is 4. The van der Waals surface area contributed by atoms with Gasteiger partial charge in [0.25, 0.3) is 5.91 Å². The monoisotopic (exact) mass is 323 g/mol. The van der Waals surface area contributed by atoms with Crippen LogP contribution in [0.15, 0.2) is 30.6 Å². The second kappa shape index (κ2) is 5.59. The molecule has 1 saturated carbocycles. The largest absolute Gasteiger partial charge is 0.505 e. The zero-order chi connectivity index (χ0) is 16.7. The molecule has 3 aromatic rings. The summed E-state index contributed by atoms with van der Waals surface area (Å²) in [4.78, 5) is 24.2. The molecule has 1 amide bonds. The second-order valence-corrected chi connectivity index (χ2v) is 6.03. The van der Waals surface area contributed by atoms with Gasteiger partial charge in [-0.15, -0.1) is 0 Å². The number of aromatic hydroxyl groups is 1. The smallest absolute Gasteiger partial charge is 0.289 e. The molecule has 24 heavy (non-hydrogen) atoms. The number of imidazole rings is 1. The standard InChI is InChI=1S/C17H17N5O2/c1-10-21-14-6-11(2-5-15(14)22(10)12-3-4-12)7-20-17(24)16-18-8-13(23)9-19-16/h2,5-6,8-9,12,23H,3-4,7H2,1H3,(H,20,24). The van der Waals surface area contributed by atoms with Gasteiger partial charge < -0.3 is 15.0 Å². The molecule has 1 aliphatic rings. The molecule has 0 unspecified atom stereocenters. The summed E-state index contributed by atoms with van der Waals surface area (Å²) in [6.07, 6.45) is 4.83. The van der Waals surface area contributed by atoms with Crippen LogP contribution in [0.4, 0.5) is 0 Å². The molecule has 1 aromatic carbocycles. The number of rotatable bonds is 4. The first-order valence-corrected chi connectivity index (χ1v) is 7.88. The van der Waals surface area contributed by atoms with E-state index in [0.717, 1.165) is 22.4 Å². The minimum atomic E-state index is -0.380. The number of carbonyl (C=O) groups excluding carboxylic acids is 1. The fourth-order valence-corrected chi connectivity index (χ4v) is 2.87. The van der Waals surface area contributed by atoms with Crippen LogP contribution in [0, 0.1) is 6.92 Å². The average molecular weight is 323 g/mol. The highest BCUT2D eigenvalue weighted by atomic mass is 16.3. The van der Waals surface area contributed by atoms with E-state index in [2.05, 4.69) is 30.9 Å². The summed E-state index contributed by atoms with van der Waals surface area (Å²) in [5.74, 6) is 0.613. The van der Waals surface area contributed by atoms with Crippen LogP contribution < -0.4 is 5.32 Å². The van der Waals surface area contributed by atoms with Crippen molar-refractivity contribution in [3.05, 3.63) is 47.8 Å². The van der Waals surface area contributed by atoms with E-state index in [4.69, 9.17) is 5.11 Å². The van der Waals surface area contributed by atoms with Gasteiger partial charge in [-0.25, -0.2) is 15.0 Å². The molecule has 0 bridgehead atoms. The molecule has 0 saturated heterocycles. The molecular formula is C17H17N5O2. The van der Waals surface area contributed by atoms with E-state index in [1.165, 1.54) is 25.2 Å². The van der Waals surface area contributed by atoms with Crippen molar-refractivity contribution >= 4 is 16.9 Å². The Labute approximate surface area is 138 Å². The van der Waals surface area contributed by atoms with Gasteiger partial charge in [0.1, 0.15) is 5.82 Å². The van der Waals surface area contributed by atoms with Crippen LogP contribution in [0.5, 0.6) is 5.75 Å². The molecule has 122 valence electrons. The summed E-state index contributed by atoms with van der Waals surface area (Å²) in [5.41, 5.74) is 3.06. The molecule has 0 atom stereocenters. The van der Waals surface area contributed by atoms with Crippen molar-refractivity contribution in [1.82, 2.24) is 24.8 Å². The van der Waals surface area contributed by atoms with Crippen molar-refractivity contribution in [3.8, 4) is 5.75 Å². The topological polar surface area (TPSA) is 92.9 Å². The molecular weight excluding hydrogens is 306 g/mol. The van der Waals surface area contributed by atoms with Crippen molar-refractivity contribution in [3.63, 3.8) is 0 Å². The Morgan fingerprint density at radius 1 is 1.33 bits per heavy atom. The van der Waals surface area contributed by atoms with Gasteiger partial charge >= 0.3 is 0 Å². The van der Waals surface area contributed by atoms with Crippen LogP contribution in [0.25, 0.3) is 11.0 Å². The fraction of sp³-hybridized carbons (Fsp3) is 0.294. The Bertz CT molecular complexity index is 913. The fourth-order valence-electron chi connectivity index (χ4n) is 2.87. The normalized spacial score (nSPS) is 14.0. The second-order valence-electron chi connectivity index (χ2n) is 6.03. The first kappa shape index (κ1) is 14.6. The van der Waals surface area contributed by atoms with Crippen molar-refractivity contribution in [2.24, 2.45) is 0 Å². The Hall–Kier alpha value is -2.96. The first-order chi connectivity index (χ1) is 11.6. The number of amides is 1. The quantitative estimate of drug-likeness (QED) is 0.767. The van der Waals surface area contributed by atoms with Crippen molar-refractivity contribution in [2.75, 3.05) is 0 Å². The van der Waals surface area contributed by atoms with Crippen molar-refractivity contribution in [1.29, 1.82) is 0 Å². The minimum Gasteiger partial charge on any atom is -0.505 e. The van der Waals surface area contributed by atoms with Gasteiger partial charge in [-0.05, 0) is 37.5 Å². The number of nitrogens with one attached hydrogen (secondary N) is 1. The van der Waals surface area contributed by atoms with Crippen molar-refractivity contribution in [2.45, 2.75) is 32.4 Å². The third-order valence-electron chi connectivity index (χ3n) is 4.14. The SMILES string of the molecule is Cc1nc2cc(CNC(=O)c3ncc(O)cn3)ccc2n1C1CC1. The molecule has 0 aliphatic heterocycles. The van der Waals surface area contributed by atoms with Crippen molar-refractivity contribution < 1.29 is 9.90 Å². The summed E-state index contributed by atoms with van der Waals surface area (Å²) in [7, 11) is 0. The summed E-state index contributed by atoms with van der Waals surface area (Å²) < 4.78 is 2.29. The van der Waals surface area contributed by atoms with Gasteiger partial charge in [-0.3, -0.25) is 4.79 Å². The number of aryl methyl sites for hydroxylation is 1. The average Bonchev–Trinajstić information content (AvgIpc) is 3.35. The van der Waals surface area contributed by atoms with E-state index in [0.29, 0.717) is 12.6 Å². The summed E-state index contributed by atoms with van der Waals surface area (Å²) in [6, 6.07) is 6.65. The maximum atomic E-state index is 12.0. The highest BCUT2D eigenvalue weighted by Crippen LogP contribution is 2.38. The van der Waals surface area contributed by atoms with Crippen LogP contribution in [0.1, 0.15) is 40.9 Å². The lowest BCUT2D eigenvalue weighted by Crippen LogP contribution is -2.24. The van der Waals surface area contributed by atoms with E-state index in [1.54, 1.807) is 0 Å². The zero-order valence-electron chi connectivity index (χ0n) is 13.2. The van der Waals surface area contributed by atoms with Crippen LogP contribution in [0.3, 0.4) is 0 Å². The molecule has 7 heteroatoms. The van der Waals surface area contributed by atoms with E-state index in [-0.39, 0.29) is 17.5 Å². The van der Waals surface area contributed by atoms with Crippen LogP contribution in [0.2, 0.25) is 0 Å². The maximum Gasteiger partial charge on any atom is 0.289 e. The summed E-state index contributed by atoms with van der Waals surface area (Å²) >= 11 is 0. The number of nitrogens with zero attached hydrogens (tertiary/aromatic N) is 4. The van der Waals surface area contributed by atoms with Crippen LogP contribution in [-0.4, -0.2) is 30.5 Å². The number of carbonyl (C=O) groups is 1. The number of benzene rings is 1. The lowest BCUT2D eigenvalue weighted by atomic mass is 10.2. The van der Waals surface area contributed by atoms with E-state index in [1.807, 2.05) is 19.1 Å². The molecule has 1 aliphatic carbocycles. The van der Waals surface area contributed by atoms with Crippen LogP contribution in [-0.2, 0) is 6.54 Å². The van der Waals surface area contributed by atoms with Gasteiger partial charge in [0.2, 0.25) is 5.82 Å². The Morgan fingerprint density at radius 2 is 2.08 bits per heavy atom. The predicted octanol–water partition coefficient (Wildman–Crippen LogP) is 2.11. The van der Waals surface area contributed by atoms with Gasteiger partial charge in [-0.1, -0.05) is 6.07 Å². The Kier molecular flexibility index (Phi) is 3.41. The van der Waals surface area contributed by atoms with Gasteiger partial charge in [0.15, 0.2) is 5.75 Å². The Morgan fingerprint density at radius 3 is 2.79 bits per heavy atom. The van der Waals surface area contributed by atoms with E-state index >= 15 is 0 Å². The van der Waals surface area contributed by atoms with Gasteiger partial charge in [0, 0.05) is 12.6 Å². The number of fused-ring (bicyclic) bond motifs is 1.